The molecule has 1 aromatic carbocycles. The Bertz CT molecular complexity index is 517. The number of carbonyl (C=O) groups excluding carboxylic acids is 1. The molecule has 3 N–H and O–H groups in total. The lowest BCUT2D eigenvalue weighted by atomic mass is 10.0. The molecule has 1 rings (SSSR count). The molecule has 0 radical (unpaired) electrons. The van der Waals surface area contributed by atoms with Crippen molar-refractivity contribution in [1.29, 1.82) is 0 Å². The Balaban J connectivity index is 2.91. The Kier molecular flexibility index (Phi) is 7.29. The van der Waals surface area contributed by atoms with Crippen LogP contribution in [0.1, 0.15) is 35.2 Å². The minimum absolute atomic E-state index is 0.181. The van der Waals surface area contributed by atoms with E-state index in [1.807, 2.05) is 6.07 Å². The Morgan fingerprint density at radius 3 is 2.32 bits per heavy atom. The number of carbonyl (C=O) groups is 2. The summed E-state index contributed by atoms with van der Waals surface area (Å²) in [5, 5.41) is 8.61. The van der Waals surface area contributed by atoms with E-state index in [0.29, 0.717) is 12.0 Å². The van der Waals surface area contributed by atoms with Gasteiger partial charge in [0.25, 0.3) is 5.91 Å². The third kappa shape index (κ3) is 4.99. The van der Waals surface area contributed by atoms with E-state index >= 15 is 0 Å². The minimum Gasteiger partial charge on any atom is -0.481 e. The fraction of sp³-hybridized carbons (Fsp3) is 0.333. The number of amides is 1. The Morgan fingerprint density at radius 1 is 1.16 bits per heavy atom. The number of aliphatic carboxylic acids is 1. The molecule has 0 aliphatic carbocycles. The van der Waals surface area contributed by atoms with Crippen LogP contribution in [-0.4, -0.2) is 17.0 Å². The van der Waals surface area contributed by atoms with Crippen LogP contribution in [0.25, 0.3) is 0 Å². The molecule has 0 atom stereocenters. The van der Waals surface area contributed by atoms with Gasteiger partial charge in [0.2, 0.25) is 0 Å². The number of halogens is 3. The first kappa shape index (κ1) is 17.4. The van der Waals surface area contributed by atoms with Gasteiger partial charge in [0, 0.05) is 17.1 Å². The van der Waals surface area contributed by atoms with Crippen molar-refractivity contribution in [2.75, 3.05) is 0 Å². The lowest BCUT2D eigenvalue weighted by Crippen LogP contribution is -2.16. The lowest BCUT2D eigenvalue weighted by molar-refractivity contribution is -0.137. The van der Waals surface area contributed by atoms with Crippen molar-refractivity contribution in [1.82, 2.24) is 0 Å². The number of hydrogen-bond donors (Lipinski definition) is 2. The topological polar surface area (TPSA) is 80.4 Å². The second-order valence-corrected chi connectivity index (χ2v) is 7.38. The molecule has 7 heteroatoms. The van der Waals surface area contributed by atoms with Crippen LogP contribution in [0, 0.1) is 10.7 Å². The van der Waals surface area contributed by atoms with Crippen molar-refractivity contribution in [3.8, 4) is 0 Å². The van der Waals surface area contributed by atoms with E-state index in [0.717, 1.165) is 29.1 Å². The summed E-state index contributed by atoms with van der Waals surface area (Å²) in [4.78, 5) is 21.9. The molecular formula is C12H12I3NO3. The largest absolute Gasteiger partial charge is 0.481 e. The number of carboxylic acids is 1. The van der Waals surface area contributed by atoms with Gasteiger partial charge in [-0.15, -0.1) is 0 Å². The van der Waals surface area contributed by atoms with E-state index in [9.17, 15) is 9.59 Å². The number of unbranched alkanes of at least 4 members (excludes halogenated alkanes) is 1. The van der Waals surface area contributed by atoms with Crippen molar-refractivity contribution >= 4 is 79.6 Å². The maximum atomic E-state index is 11.5. The Morgan fingerprint density at radius 2 is 1.79 bits per heavy atom. The maximum Gasteiger partial charge on any atom is 0.303 e. The number of benzene rings is 1. The highest BCUT2D eigenvalue weighted by atomic mass is 127. The molecular weight excluding hydrogens is 587 g/mol. The van der Waals surface area contributed by atoms with Gasteiger partial charge < -0.3 is 10.8 Å². The predicted octanol–water partition coefficient (Wildman–Crippen LogP) is 3.40. The SMILES string of the molecule is NC(=O)c1c(I)cc(I)c(CCCCC(=O)O)c1I. The van der Waals surface area contributed by atoms with Crippen molar-refractivity contribution in [3.63, 3.8) is 0 Å². The quantitative estimate of drug-likeness (QED) is 0.389. The maximum absolute atomic E-state index is 11.5. The molecule has 1 aromatic rings. The van der Waals surface area contributed by atoms with Crippen molar-refractivity contribution in [3.05, 3.63) is 27.9 Å². The molecule has 0 saturated heterocycles. The van der Waals surface area contributed by atoms with Crippen LogP contribution in [0.15, 0.2) is 6.07 Å². The van der Waals surface area contributed by atoms with Crippen LogP contribution in [0.2, 0.25) is 0 Å². The second-order valence-electron chi connectivity index (χ2n) is 3.97. The zero-order chi connectivity index (χ0) is 14.6. The summed E-state index contributed by atoms with van der Waals surface area (Å²) in [5.41, 5.74) is 7.05. The van der Waals surface area contributed by atoms with Crippen LogP contribution >= 0.6 is 67.8 Å². The van der Waals surface area contributed by atoms with E-state index < -0.39 is 11.9 Å². The normalized spacial score (nSPS) is 10.5. The monoisotopic (exact) mass is 599 g/mol. The van der Waals surface area contributed by atoms with Gasteiger partial charge in [-0.2, -0.15) is 0 Å². The molecule has 0 spiro atoms. The van der Waals surface area contributed by atoms with Gasteiger partial charge in [0.1, 0.15) is 0 Å². The van der Waals surface area contributed by atoms with Crippen LogP contribution < -0.4 is 5.73 Å². The molecule has 0 saturated carbocycles. The average molecular weight is 599 g/mol. The van der Waals surface area contributed by atoms with Crippen LogP contribution in [0.4, 0.5) is 0 Å². The number of primary amides is 1. The smallest absolute Gasteiger partial charge is 0.303 e. The summed E-state index contributed by atoms with van der Waals surface area (Å²) in [6, 6.07) is 1.94. The van der Waals surface area contributed by atoms with Gasteiger partial charge in [-0.05, 0) is 98.7 Å². The van der Waals surface area contributed by atoms with Gasteiger partial charge in [0.05, 0.1) is 5.56 Å². The van der Waals surface area contributed by atoms with Gasteiger partial charge in [0.15, 0.2) is 0 Å². The molecule has 1 amide bonds. The van der Waals surface area contributed by atoms with Gasteiger partial charge in [-0.25, -0.2) is 0 Å². The van der Waals surface area contributed by atoms with E-state index in [1.54, 1.807) is 0 Å². The standard InChI is InChI=1S/C12H12I3NO3/c13-7-5-8(14)10(12(16)19)11(15)6(7)3-1-2-4-9(17)18/h5H,1-4H2,(H2,16,19)(H,17,18). The fourth-order valence-electron chi connectivity index (χ4n) is 1.66. The molecule has 0 heterocycles. The fourth-order valence-corrected chi connectivity index (χ4v) is 6.11. The number of hydrogen-bond acceptors (Lipinski definition) is 2. The predicted molar refractivity (Wildman–Crippen MR) is 98.3 cm³/mol. The number of rotatable bonds is 6. The number of nitrogens with two attached hydrogens (primary N) is 1. The highest BCUT2D eigenvalue weighted by Crippen LogP contribution is 2.28. The molecule has 0 aliphatic heterocycles. The zero-order valence-electron chi connectivity index (χ0n) is 9.88. The Hall–Kier alpha value is 0.350. The summed E-state index contributed by atoms with van der Waals surface area (Å²) >= 11 is 6.49. The van der Waals surface area contributed by atoms with Crippen LogP contribution in [-0.2, 0) is 11.2 Å². The van der Waals surface area contributed by atoms with Crippen molar-refractivity contribution < 1.29 is 14.7 Å². The van der Waals surface area contributed by atoms with E-state index in [1.165, 1.54) is 0 Å². The minimum atomic E-state index is -0.773. The third-order valence-corrected chi connectivity index (χ3v) is 5.58. The first-order valence-corrected chi connectivity index (χ1v) is 8.76. The van der Waals surface area contributed by atoms with E-state index in [-0.39, 0.29) is 6.42 Å². The zero-order valence-corrected chi connectivity index (χ0v) is 16.4. The van der Waals surface area contributed by atoms with Crippen LogP contribution in [0.5, 0.6) is 0 Å². The molecule has 4 nitrogen and oxygen atoms in total. The van der Waals surface area contributed by atoms with Gasteiger partial charge in [-0.3, -0.25) is 9.59 Å². The molecule has 19 heavy (non-hydrogen) atoms. The first-order chi connectivity index (χ1) is 8.84. The van der Waals surface area contributed by atoms with Crippen molar-refractivity contribution in [2.24, 2.45) is 5.73 Å². The lowest BCUT2D eigenvalue weighted by Gasteiger charge is -2.12. The summed E-state index contributed by atoms with van der Waals surface area (Å²) in [6.07, 6.45) is 2.37. The van der Waals surface area contributed by atoms with Crippen LogP contribution in [0.3, 0.4) is 0 Å². The van der Waals surface area contributed by atoms with E-state index in [2.05, 4.69) is 67.8 Å². The van der Waals surface area contributed by atoms with E-state index in [4.69, 9.17) is 10.8 Å². The molecule has 104 valence electrons. The number of carboxylic acid groups (broad SMARTS) is 1. The first-order valence-electron chi connectivity index (χ1n) is 5.52. The third-order valence-electron chi connectivity index (χ3n) is 2.58. The molecule has 0 aromatic heterocycles. The molecule has 0 unspecified atom stereocenters. The highest BCUT2D eigenvalue weighted by molar-refractivity contribution is 14.1. The second kappa shape index (κ2) is 7.96. The summed E-state index contributed by atoms with van der Waals surface area (Å²) in [6.45, 7) is 0. The van der Waals surface area contributed by atoms with Crippen molar-refractivity contribution in [2.45, 2.75) is 25.7 Å². The molecule has 0 bridgehead atoms. The summed E-state index contributed by atoms with van der Waals surface area (Å²) in [5.74, 6) is -1.19. The average Bonchev–Trinajstić information content (AvgIpc) is 2.26. The van der Waals surface area contributed by atoms with Gasteiger partial charge in [-0.1, -0.05) is 0 Å². The highest BCUT2D eigenvalue weighted by Gasteiger charge is 2.17. The van der Waals surface area contributed by atoms with Gasteiger partial charge >= 0.3 is 5.97 Å². The molecule has 0 aliphatic rings. The summed E-state index contributed by atoms with van der Waals surface area (Å²) in [7, 11) is 0. The summed E-state index contributed by atoms with van der Waals surface area (Å²) < 4.78 is 2.83. The Labute approximate surface area is 152 Å². The molecule has 0 fully saturated rings.